The average Bonchev–Trinajstić information content (AvgIpc) is 2.97. The van der Waals surface area contributed by atoms with Crippen molar-refractivity contribution in [3.8, 4) is 0 Å². The summed E-state index contributed by atoms with van der Waals surface area (Å²) in [6, 6.07) is -0.432. The van der Waals surface area contributed by atoms with Gasteiger partial charge in [-0.2, -0.15) is 0 Å². The van der Waals surface area contributed by atoms with Crippen molar-refractivity contribution in [3.63, 3.8) is 0 Å². The summed E-state index contributed by atoms with van der Waals surface area (Å²) >= 11 is 0. The van der Waals surface area contributed by atoms with E-state index in [4.69, 9.17) is 23.0 Å². The molecule has 0 saturated heterocycles. The minimum atomic E-state index is -4.89. The van der Waals surface area contributed by atoms with Crippen molar-refractivity contribution in [2.24, 2.45) is 0 Å². The molecule has 1 saturated carbocycles. The van der Waals surface area contributed by atoms with E-state index in [1.54, 1.807) is 0 Å². The van der Waals surface area contributed by atoms with E-state index >= 15 is 4.39 Å². The smallest absolute Gasteiger partial charge is 0.432 e. The van der Waals surface area contributed by atoms with Gasteiger partial charge in [-0.15, -0.1) is 0 Å². The first kappa shape index (κ1) is 32.4. The molecule has 222 valence electrons. The number of aliphatic hydroxyl groups excluding tert-OH is 1. The van der Waals surface area contributed by atoms with Crippen LogP contribution in [0.3, 0.4) is 0 Å². The molecule has 0 radical (unpaired) electrons. The number of hydrogen-bond donors (Lipinski definition) is 3. The van der Waals surface area contributed by atoms with Crippen LogP contribution in [0.15, 0.2) is 21.9 Å². The quantitative estimate of drug-likeness (QED) is 0.180. The van der Waals surface area contributed by atoms with Crippen molar-refractivity contribution >= 4 is 20.1 Å². The Balaban J connectivity index is 2.17. The van der Waals surface area contributed by atoms with Gasteiger partial charge in [0, 0.05) is 18.7 Å². The number of aromatic nitrogens is 2. The van der Waals surface area contributed by atoms with Gasteiger partial charge in [0.05, 0.1) is 24.9 Å². The molecule has 2 rings (SSSR count). The number of hydrogen-bond acceptors (Lipinski definition) is 14. The number of carbonyl (C=O) groups is 2. The van der Waals surface area contributed by atoms with Gasteiger partial charge in [-0.3, -0.25) is 18.9 Å². The third-order valence-corrected chi connectivity index (χ3v) is 6.63. The molecule has 0 spiro atoms. The molecule has 0 aromatic carbocycles. The topological polar surface area (TPSA) is 211 Å². The molecular weight excluding hydrogens is 554 g/mol. The van der Waals surface area contributed by atoms with Crippen molar-refractivity contribution < 1.29 is 61.3 Å². The minimum absolute atomic E-state index is 0.553. The highest BCUT2D eigenvalue weighted by Gasteiger charge is 2.62. The number of nitrogens with one attached hydrogen (secondary N) is 1. The Bertz CT molecular complexity index is 1140. The summed E-state index contributed by atoms with van der Waals surface area (Å²) in [4.78, 5) is 48.6. The molecule has 0 bridgehead atoms. The van der Waals surface area contributed by atoms with Gasteiger partial charge in [0.1, 0.15) is 11.7 Å². The third-order valence-electron chi connectivity index (χ3n) is 5.34. The number of ether oxygens (including phenoxy) is 4. The predicted octanol–water partition coefficient (Wildman–Crippen LogP) is 1.50. The van der Waals surface area contributed by atoms with Crippen LogP contribution in [0.25, 0.3) is 0 Å². The number of phosphoric acid groups is 1. The summed E-state index contributed by atoms with van der Waals surface area (Å²) in [5.41, 5.74) is -6.82. The largest absolute Gasteiger partial charge is 0.510 e. The van der Waals surface area contributed by atoms with Crippen LogP contribution < -0.4 is 11.2 Å². The number of carbonyl (C=O) groups excluding carboxylic acids is 2. The van der Waals surface area contributed by atoms with Crippen LogP contribution in [-0.2, 0) is 37.1 Å². The summed E-state index contributed by atoms with van der Waals surface area (Å²) in [6.07, 6.45) is -5.44. The number of phosphoric ester groups is 1. The Morgan fingerprint density at radius 3 is 2.08 bits per heavy atom. The Kier molecular flexibility index (Phi) is 10.8. The molecule has 1 aromatic heterocycles. The van der Waals surface area contributed by atoms with Gasteiger partial charge in [-0.05, 0) is 34.6 Å². The van der Waals surface area contributed by atoms with Crippen molar-refractivity contribution in [1.82, 2.24) is 9.55 Å². The van der Waals surface area contributed by atoms with E-state index in [0.717, 1.165) is 23.8 Å². The predicted molar refractivity (Wildman–Crippen MR) is 126 cm³/mol. The second-order valence-corrected chi connectivity index (χ2v) is 10.9. The van der Waals surface area contributed by atoms with Crippen molar-refractivity contribution in [3.05, 3.63) is 33.1 Å². The Morgan fingerprint density at radius 2 is 1.62 bits per heavy atom. The maximum atomic E-state index is 15.9. The molecule has 0 amide bonds. The van der Waals surface area contributed by atoms with Crippen LogP contribution in [0.2, 0.25) is 0 Å². The maximum absolute atomic E-state index is 15.9. The molecule has 1 aromatic rings. The molecule has 1 fully saturated rings. The lowest BCUT2D eigenvalue weighted by atomic mass is 9.95. The molecule has 18 heteroatoms. The highest BCUT2D eigenvalue weighted by atomic mass is 31.2. The van der Waals surface area contributed by atoms with Gasteiger partial charge in [-0.25, -0.2) is 32.4 Å². The summed E-state index contributed by atoms with van der Waals surface area (Å²) in [7, 11) is -4.89. The first-order chi connectivity index (χ1) is 18.0. The normalized spacial score (nSPS) is 25.1. The average molecular weight is 586 g/mol. The standard InChI is InChI=1S/C21H32FN2O14P/c1-12(2)37-18(28)32-10-35-39(31,36-11-33-19(29)38-13(3)4)34-9-21(22)8-14(20(5,30)16(21)26)24-7-6-15(25)23-17(24)27/h6-7,12-14,16,26,30H,8-11H2,1-5H3,(H,23,25,27)/t14-,16+,20+,21+/m1/s1. The number of aliphatic hydroxyl groups is 2. The van der Waals surface area contributed by atoms with Crippen LogP contribution >= 0.6 is 7.82 Å². The Hall–Kier alpha value is -2.82. The SMILES string of the molecule is CC(C)OC(=O)OCOP(=O)(OCOC(=O)OC(C)C)OC[C@@]1(F)C[C@@H](n2ccc(=O)[nH]c2=O)[C@](C)(O)[C@@H]1O. The maximum Gasteiger partial charge on any atom is 0.510 e. The van der Waals surface area contributed by atoms with Gasteiger partial charge in [0.2, 0.25) is 13.6 Å². The summed E-state index contributed by atoms with van der Waals surface area (Å²) in [5, 5.41) is 21.4. The van der Waals surface area contributed by atoms with Crippen LogP contribution in [0.1, 0.15) is 47.1 Å². The number of H-pyrrole nitrogens is 1. The number of nitrogens with zero attached hydrogens (tertiary/aromatic N) is 1. The van der Waals surface area contributed by atoms with E-state index in [1.165, 1.54) is 27.7 Å². The molecule has 4 atom stereocenters. The number of aromatic amines is 1. The van der Waals surface area contributed by atoms with E-state index < -0.39 is 93.6 Å². The number of alkyl halides is 1. The van der Waals surface area contributed by atoms with Gasteiger partial charge >= 0.3 is 25.8 Å². The fraction of sp³-hybridized carbons (Fsp3) is 0.714. The first-order valence-electron chi connectivity index (χ1n) is 11.6. The number of halogens is 1. The van der Waals surface area contributed by atoms with Crippen molar-refractivity contribution in [2.75, 3.05) is 20.2 Å². The van der Waals surface area contributed by atoms with Crippen molar-refractivity contribution in [2.45, 2.75) is 76.7 Å². The fourth-order valence-electron chi connectivity index (χ4n) is 3.57. The molecule has 16 nitrogen and oxygen atoms in total. The second-order valence-electron chi connectivity index (χ2n) is 9.24. The van der Waals surface area contributed by atoms with Crippen LogP contribution in [-0.4, -0.2) is 81.8 Å². The fourth-order valence-corrected chi connectivity index (χ4v) is 4.53. The molecule has 3 N–H and O–H groups in total. The summed E-state index contributed by atoms with van der Waals surface area (Å²) < 4.78 is 63.1. The molecule has 1 aliphatic carbocycles. The van der Waals surface area contributed by atoms with E-state index in [9.17, 15) is 34.0 Å². The second kappa shape index (κ2) is 13.0. The molecular formula is C21H32FN2O14P. The summed E-state index contributed by atoms with van der Waals surface area (Å²) in [5.74, 6) is 0. The van der Waals surface area contributed by atoms with Crippen molar-refractivity contribution in [1.29, 1.82) is 0 Å². The highest BCUT2D eigenvalue weighted by molar-refractivity contribution is 7.48. The molecule has 0 aliphatic heterocycles. The molecule has 1 aliphatic rings. The lowest BCUT2D eigenvalue weighted by Crippen LogP contribution is -2.50. The zero-order valence-electron chi connectivity index (χ0n) is 21.9. The van der Waals surface area contributed by atoms with E-state index in [2.05, 4.69) is 9.47 Å². The lowest BCUT2D eigenvalue weighted by molar-refractivity contribution is -0.115. The third kappa shape index (κ3) is 8.84. The first-order valence-corrected chi connectivity index (χ1v) is 13.1. The van der Waals surface area contributed by atoms with E-state index in [-0.39, 0.29) is 0 Å². The van der Waals surface area contributed by atoms with Gasteiger partial charge < -0.3 is 29.2 Å². The van der Waals surface area contributed by atoms with Crippen LogP contribution in [0, 0.1) is 0 Å². The van der Waals surface area contributed by atoms with E-state index in [1.807, 2.05) is 4.98 Å². The molecule has 1 heterocycles. The lowest BCUT2D eigenvalue weighted by Gasteiger charge is -2.31. The number of rotatable bonds is 12. The Labute approximate surface area is 221 Å². The minimum Gasteiger partial charge on any atom is -0.432 e. The monoisotopic (exact) mass is 586 g/mol. The highest BCUT2D eigenvalue weighted by Crippen LogP contribution is 2.53. The van der Waals surface area contributed by atoms with Gasteiger partial charge in [0.15, 0.2) is 5.67 Å². The summed E-state index contributed by atoms with van der Waals surface area (Å²) in [6.45, 7) is 3.82. The van der Waals surface area contributed by atoms with E-state index in [0.29, 0.717) is 0 Å². The van der Waals surface area contributed by atoms with Gasteiger partial charge in [0.25, 0.3) is 5.56 Å². The zero-order chi connectivity index (χ0) is 29.6. The van der Waals surface area contributed by atoms with Crippen LogP contribution in [0.5, 0.6) is 0 Å². The zero-order valence-corrected chi connectivity index (χ0v) is 22.8. The van der Waals surface area contributed by atoms with Crippen LogP contribution in [0.4, 0.5) is 14.0 Å². The molecule has 39 heavy (non-hydrogen) atoms. The Morgan fingerprint density at radius 1 is 1.10 bits per heavy atom. The molecule has 0 unspecified atom stereocenters. The van der Waals surface area contributed by atoms with Gasteiger partial charge in [-0.1, -0.05) is 0 Å².